The largest absolute Gasteiger partial charge is 0.308 e. The van der Waals surface area contributed by atoms with Crippen LogP contribution < -0.4 is 0 Å². The fraction of sp³-hybridized carbons (Fsp3) is 0.0303. The normalized spacial score (nSPS) is 10.7. The molecule has 5 nitrogen and oxygen atoms in total. The van der Waals surface area contributed by atoms with Gasteiger partial charge in [0.15, 0.2) is 0 Å². The average molecular weight is 486 g/mol. The summed E-state index contributed by atoms with van der Waals surface area (Å²) in [5, 5.41) is 31.5. The number of fused-ring (bicyclic) bond motifs is 3. The molecular weight excluding hydrogens is 466 g/mol. The van der Waals surface area contributed by atoms with E-state index in [1.54, 1.807) is 18.5 Å². The van der Waals surface area contributed by atoms with Crippen molar-refractivity contribution in [2.45, 2.75) is 6.92 Å². The Kier molecular flexibility index (Phi) is 5.43. The highest BCUT2D eigenvalue weighted by Gasteiger charge is 2.19. The van der Waals surface area contributed by atoms with E-state index in [-0.39, 0.29) is 0 Å². The van der Waals surface area contributed by atoms with Gasteiger partial charge in [-0.3, -0.25) is 4.98 Å². The van der Waals surface area contributed by atoms with E-state index in [0.29, 0.717) is 16.7 Å². The molecule has 4 aromatic carbocycles. The molecule has 0 fully saturated rings. The molecule has 6 rings (SSSR count). The average Bonchev–Trinajstić information content (AvgIpc) is 3.31. The Balaban J connectivity index is 1.72. The molecule has 6 aromatic rings. The maximum Gasteiger partial charge on any atom is 0.0998 e. The van der Waals surface area contributed by atoms with Crippen molar-refractivity contribution < 1.29 is 0 Å². The second-order valence-corrected chi connectivity index (χ2v) is 9.11. The number of benzene rings is 4. The SMILES string of the molecule is Cc1cc(-c2ccncc2)c(C#N)cc1-n1c2ccccc2c2cccc(-c3cc(C#N)cc(C#N)c3)c21. The number of para-hydroxylation sites is 2. The highest BCUT2D eigenvalue weighted by atomic mass is 15.0. The van der Waals surface area contributed by atoms with E-state index in [0.717, 1.165) is 55.3 Å². The van der Waals surface area contributed by atoms with Crippen LogP contribution in [0.1, 0.15) is 22.3 Å². The number of hydrogen-bond acceptors (Lipinski definition) is 4. The number of pyridine rings is 1. The third-order valence-electron chi connectivity index (χ3n) is 6.89. The van der Waals surface area contributed by atoms with E-state index in [9.17, 15) is 15.8 Å². The van der Waals surface area contributed by atoms with Gasteiger partial charge in [-0.2, -0.15) is 15.8 Å². The molecule has 0 atom stereocenters. The second-order valence-electron chi connectivity index (χ2n) is 9.11. The van der Waals surface area contributed by atoms with Crippen LogP contribution in [0.15, 0.2) is 97.3 Å². The fourth-order valence-electron chi connectivity index (χ4n) is 5.21. The Morgan fingerprint density at radius 2 is 1.37 bits per heavy atom. The number of nitriles is 3. The lowest BCUT2D eigenvalue weighted by Gasteiger charge is -2.16. The molecule has 0 radical (unpaired) electrons. The van der Waals surface area contributed by atoms with Gasteiger partial charge in [0.25, 0.3) is 0 Å². The molecule has 0 aliphatic carbocycles. The molecule has 5 heteroatoms. The van der Waals surface area contributed by atoms with Gasteiger partial charge in [0.1, 0.15) is 0 Å². The lowest BCUT2D eigenvalue weighted by atomic mass is 9.96. The van der Waals surface area contributed by atoms with Crippen molar-refractivity contribution in [3.05, 3.63) is 120 Å². The van der Waals surface area contributed by atoms with Gasteiger partial charge in [-0.15, -0.1) is 0 Å². The highest BCUT2D eigenvalue weighted by Crippen LogP contribution is 2.40. The van der Waals surface area contributed by atoms with Crippen molar-refractivity contribution in [1.29, 1.82) is 15.8 Å². The Labute approximate surface area is 219 Å². The molecule has 0 aliphatic heterocycles. The topological polar surface area (TPSA) is 89.2 Å². The number of rotatable bonds is 3. The van der Waals surface area contributed by atoms with Crippen LogP contribution in [0.5, 0.6) is 0 Å². The van der Waals surface area contributed by atoms with Crippen LogP contribution in [-0.2, 0) is 0 Å². The van der Waals surface area contributed by atoms with E-state index in [4.69, 9.17) is 0 Å². The molecule has 0 bridgehead atoms. The van der Waals surface area contributed by atoms with Crippen LogP contribution in [0.3, 0.4) is 0 Å². The molecule has 0 amide bonds. The predicted molar refractivity (Wildman–Crippen MR) is 148 cm³/mol. The summed E-state index contributed by atoms with van der Waals surface area (Å²) in [6.07, 6.45) is 3.45. The van der Waals surface area contributed by atoms with Crippen molar-refractivity contribution in [2.24, 2.45) is 0 Å². The zero-order chi connectivity index (χ0) is 26.2. The Morgan fingerprint density at radius 3 is 2.08 bits per heavy atom. The van der Waals surface area contributed by atoms with Crippen molar-refractivity contribution >= 4 is 21.8 Å². The molecule has 2 heterocycles. The van der Waals surface area contributed by atoms with E-state index in [1.165, 1.54) is 0 Å². The first-order valence-electron chi connectivity index (χ1n) is 12.1. The molecular formula is C33H19N5. The molecule has 0 unspecified atom stereocenters. The van der Waals surface area contributed by atoms with Gasteiger partial charge in [-0.1, -0.05) is 36.4 Å². The standard InChI is InChI=1S/C33H19N5/c1-21-13-30(24-9-11-37-12-10-24)26(20-36)17-32(21)38-31-8-3-2-5-28(31)29-7-4-6-27(33(29)38)25-15-22(18-34)14-23(16-25)19-35/h2-17H,1H3. The van der Waals surface area contributed by atoms with Gasteiger partial charge in [0.05, 0.1) is 51.6 Å². The minimum atomic E-state index is 0.434. The summed E-state index contributed by atoms with van der Waals surface area (Å²) in [6, 6.07) is 34.1. The maximum absolute atomic E-state index is 10.1. The molecule has 0 saturated carbocycles. The Morgan fingerprint density at radius 1 is 0.658 bits per heavy atom. The van der Waals surface area contributed by atoms with Crippen LogP contribution in [0.25, 0.3) is 49.7 Å². The van der Waals surface area contributed by atoms with Gasteiger partial charge in [0, 0.05) is 28.7 Å². The first-order valence-corrected chi connectivity index (χ1v) is 12.1. The van der Waals surface area contributed by atoms with Gasteiger partial charge in [0.2, 0.25) is 0 Å². The van der Waals surface area contributed by atoms with E-state index < -0.39 is 0 Å². The van der Waals surface area contributed by atoms with Gasteiger partial charge >= 0.3 is 0 Å². The maximum atomic E-state index is 10.1. The monoisotopic (exact) mass is 485 g/mol. The van der Waals surface area contributed by atoms with Crippen LogP contribution in [0.4, 0.5) is 0 Å². The zero-order valence-corrected chi connectivity index (χ0v) is 20.5. The first-order chi connectivity index (χ1) is 18.6. The molecule has 0 saturated heterocycles. The van der Waals surface area contributed by atoms with Crippen LogP contribution in [-0.4, -0.2) is 9.55 Å². The summed E-state index contributed by atoms with van der Waals surface area (Å²) in [5.74, 6) is 0. The quantitative estimate of drug-likeness (QED) is 0.261. The van der Waals surface area contributed by atoms with E-state index in [2.05, 4.69) is 58.9 Å². The Bertz CT molecular complexity index is 1980. The summed E-state index contributed by atoms with van der Waals surface area (Å²) in [5.41, 5.74) is 8.80. The van der Waals surface area contributed by atoms with Crippen LogP contribution >= 0.6 is 0 Å². The summed E-state index contributed by atoms with van der Waals surface area (Å²) >= 11 is 0. The molecule has 2 aromatic heterocycles. The number of aryl methyl sites for hydroxylation is 1. The second kappa shape index (κ2) is 9.07. The number of nitrogens with zero attached hydrogens (tertiary/aromatic N) is 5. The van der Waals surface area contributed by atoms with Crippen molar-refractivity contribution in [3.8, 4) is 46.1 Å². The molecule has 0 N–H and O–H groups in total. The third-order valence-corrected chi connectivity index (χ3v) is 6.89. The van der Waals surface area contributed by atoms with Crippen LogP contribution in [0, 0.1) is 40.9 Å². The van der Waals surface area contributed by atoms with Crippen molar-refractivity contribution in [1.82, 2.24) is 9.55 Å². The molecule has 38 heavy (non-hydrogen) atoms. The van der Waals surface area contributed by atoms with Crippen molar-refractivity contribution in [3.63, 3.8) is 0 Å². The summed E-state index contributed by atoms with van der Waals surface area (Å²) in [4.78, 5) is 4.11. The summed E-state index contributed by atoms with van der Waals surface area (Å²) < 4.78 is 2.19. The lowest BCUT2D eigenvalue weighted by molar-refractivity contribution is 1.15. The summed E-state index contributed by atoms with van der Waals surface area (Å²) in [6.45, 7) is 2.05. The number of hydrogen-bond donors (Lipinski definition) is 0. The smallest absolute Gasteiger partial charge is 0.0998 e. The van der Waals surface area contributed by atoms with Gasteiger partial charge in [-0.25, -0.2) is 0 Å². The van der Waals surface area contributed by atoms with Crippen LogP contribution in [0.2, 0.25) is 0 Å². The lowest BCUT2D eigenvalue weighted by Crippen LogP contribution is -2.01. The third kappa shape index (κ3) is 3.58. The molecule has 176 valence electrons. The highest BCUT2D eigenvalue weighted by molar-refractivity contribution is 6.14. The molecule has 0 spiro atoms. The summed E-state index contributed by atoms with van der Waals surface area (Å²) in [7, 11) is 0. The number of aromatic nitrogens is 2. The zero-order valence-electron chi connectivity index (χ0n) is 20.5. The van der Waals surface area contributed by atoms with E-state index in [1.807, 2.05) is 54.6 Å². The minimum Gasteiger partial charge on any atom is -0.308 e. The fourth-order valence-corrected chi connectivity index (χ4v) is 5.21. The molecule has 0 aliphatic rings. The van der Waals surface area contributed by atoms with Gasteiger partial charge < -0.3 is 4.57 Å². The Hall–Kier alpha value is -5.70. The first kappa shape index (κ1) is 22.7. The van der Waals surface area contributed by atoms with Gasteiger partial charge in [-0.05, 0) is 77.7 Å². The minimum absolute atomic E-state index is 0.434. The van der Waals surface area contributed by atoms with Crippen molar-refractivity contribution in [2.75, 3.05) is 0 Å². The van der Waals surface area contributed by atoms with E-state index >= 15 is 0 Å². The predicted octanol–water partition coefficient (Wildman–Crippen LogP) is 7.44.